The molecule has 0 atom stereocenters. The Morgan fingerprint density at radius 2 is 0.600 bits per heavy atom. The SMILES string of the molecule is CCCC/C=C\CCCCCC/C=C\CCCCCCCCCCC. The Bertz CT molecular complexity index is 274. The van der Waals surface area contributed by atoms with Crippen molar-refractivity contribution >= 4 is 0 Å². The smallest absolute Gasteiger partial charge is 0.0351 e. The first-order valence-corrected chi connectivity index (χ1v) is 11.7. The van der Waals surface area contributed by atoms with Gasteiger partial charge in [0.05, 0.1) is 0 Å². The van der Waals surface area contributed by atoms with E-state index in [1.54, 1.807) is 0 Å². The summed E-state index contributed by atoms with van der Waals surface area (Å²) in [7, 11) is 0. The van der Waals surface area contributed by atoms with E-state index in [0.717, 1.165) is 0 Å². The van der Waals surface area contributed by atoms with Crippen molar-refractivity contribution in [3.8, 4) is 0 Å². The van der Waals surface area contributed by atoms with Crippen LogP contribution in [0.25, 0.3) is 0 Å². The van der Waals surface area contributed by atoms with Gasteiger partial charge in [-0.1, -0.05) is 115 Å². The zero-order valence-electron chi connectivity index (χ0n) is 17.7. The summed E-state index contributed by atoms with van der Waals surface area (Å²) in [6.45, 7) is 4.56. The lowest BCUT2D eigenvalue weighted by atomic mass is 10.1. The Morgan fingerprint density at radius 1 is 0.320 bits per heavy atom. The normalized spacial score (nSPS) is 11.9. The summed E-state index contributed by atoms with van der Waals surface area (Å²) in [5, 5.41) is 0. The first-order valence-electron chi connectivity index (χ1n) is 11.7. The molecule has 0 N–H and O–H groups in total. The molecule has 0 rings (SSSR count). The van der Waals surface area contributed by atoms with E-state index in [0.29, 0.717) is 0 Å². The van der Waals surface area contributed by atoms with Gasteiger partial charge in [0.25, 0.3) is 0 Å². The van der Waals surface area contributed by atoms with Gasteiger partial charge in [0.1, 0.15) is 0 Å². The molecular weight excluding hydrogens is 300 g/mol. The van der Waals surface area contributed by atoms with E-state index in [4.69, 9.17) is 0 Å². The molecule has 0 heterocycles. The minimum atomic E-state index is 1.28. The Balaban J connectivity index is 3.10. The van der Waals surface area contributed by atoms with Crippen molar-refractivity contribution in [1.29, 1.82) is 0 Å². The topological polar surface area (TPSA) is 0 Å². The fourth-order valence-corrected chi connectivity index (χ4v) is 3.24. The second kappa shape index (κ2) is 23.5. The first-order chi connectivity index (χ1) is 12.4. The molecule has 0 spiro atoms. The molecule has 0 amide bonds. The molecule has 0 unspecified atom stereocenters. The van der Waals surface area contributed by atoms with Gasteiger partial charge < -0.3 is 0 Å². The third-order valence-corrected chi connectivity index (χ3v) is 5.02. The molecule has 0 aromatic heterocycles. The Hall–Kier alpha value is -0.520. The van der Waals surface area contributed by atoms with Gasteiger partial charge in [-0.05, 0) is 44.9 Å². The van der Waals surface area contributed by atoms with Gasteiger partial charge in [-0.15, -0.1) is 0 Å². The quantitative estimate of drug-likeness (QED) is 0.152. The van der Waals surface area contributed by atoms with Gasteiger partial charge in [0, 0.05) is 0 Å². The molecule has 0 saturated carbocycles. The van der Waals surface area contributed by atoms with Crippen LogP contribution in [0.15, 0.2) is 24.3 Å². The van der Waals surface area contributed by atoms with E-state index in [9.17, 15) is 0 Å². The van der Waals surface area contributed by atoms with Gasteiger partial charge in [0.15, 0.2) is 0 Å². The molecule has 0 radical (unpaired) electrons. The summed E-state index contributed by atoms with van der Waals surface area (Å²) < 4.78 is 0. The molecule has 0 aromatic carbocycles. The second-order valence-electron chi connectivity index (χ2n) is 7.69. The number of hydrogen-bond acceptors (Lipinski definition) is 0. The van der Waals surface area contributed by atoms with Crippen molar-refractivity contribution in [2.45, 2.75) is 136 Å². The minimum Gasteiger partial charge on any atom is -0.0885 e. The molecule has 0 nitrogen and oxygen atoms in total. The minimum absolute atomic E-state index is 1.28. The van der Waals surface area contributed by atoms with Crippen molar-refractivity contribution in [3.05, 3.63) is 24.3 Å². The molecule has 0 aromatic rings. The van der Waals surface area contributed by atoms with Crippen molar-refractivity contribution < 1.29 is 0 Å². The highest BCUT2D eigenvalue weighted by Crippen LogP contribution is 2.11. The van der Waals surface area contributed by atoms with Crippen LogP contribution in [0.1, 0.15) is 136 Å². The zero-order chi connectivity index (χ0) is 18.3. The standard InChI is InChI=1S/C25H48/c1-3-5-7-9-11-13-15-17-19-21-23-25-24-22-20-18-16-14-12-10-8-6-4-2/h9,11,24-25H,3-8,10,12-23H2,1-2H3/b11-9-,25-24-. The van der Waals surface area contributed by atoms with E-state index in [1.165, 1.54) is 122 Å². The lowest BCUT2D eigenvalue weighted by Crippen LogP contribution is -1.81. The van der Waals surface area contributed by atoms with Crippen LogP contribution >= 0.6 is 0 Å². The van der Waals surface area contributed by atoms with Crippen LogP contribution in [-0.2, 0) is 0 Å². The highest BCUT2D eigenvalue weighted by molar-refractivity contribution is 4.82. The van der Waals surface area contributed by atoms with E-state index >= 15 is 0 Å². The highest BCUT2D eigenvalue weighted by atomic mass is 14.0. The average molecular weight is 349 g/mol. The number of hydrogen-bond donors (Lipinski definition) is 0. The number of allylic oxidation sites excluding steroid dienone is 4. The van der Waals surface area contributed by atoms with Gasteiger partial charge in [-0.3, -0.25) is 0 Å². The van der Waals surface area contributed by atoms with Gasteiger partial charge >= 0.3 is 0 Å². The maximum Gasteiger partial charge on any atom is -0.0351 e. The van der Waals surface area contributed by atoms with Crippen molar-refractivity contribution in [2.75, 3.05) is 0 Å². The molecule has 0 bridgehead atoms. The van der Waals surface area contributed by atoms with E-state index in [1.807, 2.05) is 0 Å². The van der Waals surface area contributed by atoms with Crippen LogP contribution in [0.2, 0.25) is 0 Å². The van der Waals surface area contributed by atoms with Gasteiger partial charge in [-0.25, -0.2) is 0 Å². The molecule has 0 aliphatic heterocycles. The molecule has 0 saturated heterocycles. The van der Waals surface area contributed by atoms with Crippen LogP contribution in [0, 0.1) is 0 Å². The lowest BCUT2D eigenvalue weighted by molar-refractivity contribution is 0.566. The molecule has 25 heavy (non-hydrogen) atoms. The number of unbranched alkanes of at least 4 members (excludes halogenated alkanes) is 16. The molecule has 0 fully saturated rings. The Morgan fingerprint density at radius 3 is 0.960 bits per heavy atom. The number of rotatable bonds is 20. The summed E-state index contributed by atoms with van der Waals surface area (Å²) in [4.78, 5) is 0. The van der Waals surface area contributed by atoms with E-state index in [2.05, 4.69) is 38.2 Å². The molecular formula is C25H48. The summed E-state index contributed by atoms with van der Waals surface area (Å²) >= 11 is 0. The second-order valence-corrected chi connectivity index (χ2v) is 7.69. The fourth-order valence-electron chi connectivity index (χ4n) is 3.24. The van der Waals surface area contributed by atoms with Crippen molar-refractivity contribution in [3.63, 3.8) is 0 Å². The third kappa shape index (κ3) is 23.5. The van der Waals surface area contributed by atoms with Crippen LogP contribution in [0.5, 0.6) is 0 Å². The predicted molar refractivity (Wildman–Crippen MR) is 117 cm³/mol. The summed E-state index contributed by atoms with van der Waals surface area (Å²) in [6, 6.07) is 0. The summed E-state index contributed by atoms with van der Waals surface area (Å²) in [5.74, 6) is 0. The summed E-state index contributed by atoms with van der Waals surface area (Å²) in [5.41, 5.74) is 0. The molecule has 148 valence electrons. The van der Waals surface area contributed by atoms with Crippen LogP contribution < -0.4 is 0 Å². The maximum absolute atomic E-state index is 2.43. The Labute approximate surface area is 160 Å². The largest absolute Gasteiger partial charge is 0.0885 e. The van der Waals surface area contributed by atoms with Crippen LogP contribution in [0.4, 0.5) is 0 Å². The van der Waals surface area contributed by atoms with Gasteiger partial charge in [-0.2, -0.15) is 0 Å². The molecule has 0 heteroatoms. The van der Waals surface area contributed by atoms with E-state index < -0.39 is 0 Å². The van der Waals surface area contributed by atoms with E-state index in [-0.39, 0.29) is 0 Å². The van der Waals surface area contributed by atoms with Crippen molar-refractivity contribution in [2.24, 2.45) is 0 Å². The zero-order valence-corrected chi connectivity index (χ0v) is 17.7. The lowest BCUT2D eigenvalue weighted by Gasteiger charge is -2.00. The average Bonchev–Trinajstić information content (AvgIpc) is 2.63. The first kappa shape index (κ1) is 24.5. The van der Waals surface area contributed by atoms with Gasteiger partial charge in [0.2, 0.25) is 0 Å². The van der Waals surface area contributed by atoms with Crippen molar-refractivity contribution in [1.82, 2.24) is 0 Å². The molecule has 0 aliphatic rings. The highest BCUT2D eigenvalue weighted by Gasteiger charge is 1.91. The van der Waals surface area contributed by atoms with Crippen LogP contribution in [0.3, 0.4) is 0 Å². The Kier molecular flexibility index (Phi) is 23.0. The predicted octanol–water partition coefficient (Wildman–Crippen LogP) is 9.55. The summed E-state index contributed by atoms with van der Waals surface area (Å²) in [6.07, 6.45) is 35.9. The van der Waals surface area contributed by atoms with Crippen LogP contribution in [-0.4, -0.2) is 0 Å². The third-order valence-electron chi connectivity index (χ3n) is 5.02. The molecule has 0 aliphatic carbocycles. The fraction of sp³-hybridized carbons (Fsp3) is 0.840. The monoisotopic (exact) mass is 348 g/mol. The maximum atomic E-state index is 2.43.